The average Bonchev–Trinajstić information content (AvgIpc) is 2.59. The van der Waals surface area contributed by atoms with E-state index in [-0.39, 0.29) is 5.12 Å². The summed E-state index contributed by atoms with van der Waals surface area (Å²) in [6, 6.07) is 5.46. The summed E-state index contributed by atoms with van der Waals surface area (Å²) in [4.78, 5) is 18.6. The first-order valence-electron chi connectivity index (χ1n) is 4.43. The fourth-order valence-electron chi connectivity index (χ4n) is 1.42. The molecule has 1 aromatic heterocycles. The lowest BCUT2D eigenvalue weighted by atomic mass is 10.2. The van der Waals surface area contributed by atoms with Crippen LogP contribution in [0.2, 0.25) is 0 Å². The predicted octanol–water partition coefficient (Wildman–Crippen LogP) is 2.20. The average molecular weight is 206 g/mol. The number of thiol groups is 1. The highest BCUT2D eigenvalue weighted by atomic mass is 32.1. The minimum atomic E-state index is -0.246. The van der Waals surface area contributed by atoms with Crippen molar-refractivity contribution in [2.24, 2.45) is 0 Å². The quantitative estimate of drug-likeness (QED) is 0.740. The highest BCUT2D eigenvalue weighted by Gasteiger charge is 2.09. The van der Waals surface area contributed by atoms with E-state index < -0.39 is 0 Å². The number of hydrogen-bond acceptors (Lipinski definition) is 2. The Morgan fingerprint density at radius 1 is 1.57 bits per heavy atom. The van der Waals surface area contributed by atoms with Crippen LogP contribution in [-0.2, 0) is 6.42 Å². The molecule has 0 bridgehead atoms. The molecule has 0 unspecified atom stereocenters. The number of hydrogen-bond donors (Lipinski definition) is 2. The van der Waals surface area contributed by atoms with Gasteiger partial charge in [0.15, 0.2) is 0 Å². The first-order valence-corrected chi connectivity index (χ1v) is 4.88. The van der Waals surface area contributed by atoms with Gasteiger partial charge in [-0.2, -0.15) is 0 Å². The molecule has 0 spiro atoms. The van der Waals surface area contributed by atoms with Crippen molar-refractivity contribution in [3.8, 4) is 0 Å². The topological polar surface area (TPSA) is 45.8 Å². The Morgan fingerprint density at radius 2 is 2.36 bits per heavy atom. The third-order valence-corrected chi connectivity index (χ3v) is 2.37. The van der Waals surface area contributed by atoms with Crippen LogP contribution in [-0.4, -0.2) is 15.1 Å². The maximum atomic E-state index is 11.2. The predicted molar refractivity (Wildman–Crippen MR) is 58.8 cm³/mol. The fourth-order valence-corrected chi connectivity index (χ4v) is 1.60. The van der Waals surface area contributed by atoms with Crippen molar-refractivity contribution < 1.29 is 4.79 Å². The van der Waals surface area contributed by atoms with Crippen LogP contribution in [0.25, 0.3) is 11.0 Å². The second-order valence-electron chi connectivity index (χ2n) is 3.04. The Hall–Kier alpha value is -1.29. The van der Waals surface area contributed by atoms with Crippen LogP contribution in [0.1, 0.15) is 23.1 Å². The summed E-state index contributed by atoms with van der Waals surface area (Å²) in [6.45, 7) is 2.01. The molecule has 0 aliphatic rings. The van der Waals surface area contributed by atoms with E-state index in [1.165, 1.54) is 0 Å². The number of aromatic nitrogens is 2. The summed E-state index contributed by atoms with van der Waals surface area (Å²) >= 11 is 3.81. The van der Waals surface area contributed by atoms with Crippen LogP contribution in [0, 0.1) is 0 Å². The standard InChI is InChI=1S/C10H10N2OS/c1-2-8-11-7-5-3-4-6(10(13)14)9(7)12-8/h3-5H,2H2,1H3,(H,11,12)(H,13,14). The number of para-hydroxylation sites is 1. The minimum Gasteiger partial charge on any atom is -0.342 e. The molecule has 1 heterocycles. The van der Waals surface area contributed by atoms with Crippen molar-refractivity contribution in [3.05, 3.63) is 29.6 Å². The smallest absolute Gasteiger partial charge is 0.218 e. The summed E-state index contributed by atoms with van der Waals surface area (Å²) in [6.07, 6.45) is 0.828. The normalized spacial score (nSPS) is 10.7. The van der Waals surface area contributed by atoms with E-state index in [4.69, 9.17) is 0 Å². The Labute approximate surface area is 87.0 Å². The van der Waals surface area contributed by atoms with Gasteiger partial charge >= 0.3 is 0 Å². The number of rotatable bonds is 2. The van der Waals surface area contributed by atoms with Crippen LogP contribution in [0.3, 0.4) is 0 Å². The number of aromatic amines is 1. The van der Waals surface area contributed by atoms with E-state index in [1.54, 1.807) is 6.07 Å². The molecule has 0 aliphatic carbocycles. The molecule has 1 aromatic carbocycles. The molecule has 0 amide bonds. The van der Waals surface area contributed by atoms with E-state index in [0.29, 0.717) is 11.1 Å². The molecule has 0 saturated heterocycles. The molecule has 72 valence electrons. The summed E-state index contributed by atoms with van der Waals surface area (Å²) in [5.41, 5.74) is 2.16. The van der Waals surface area contributed by atoms with Crippen molar-refractivity contribution in [1.29, 1.82) is 0 Å². The zero-order chi connectivity index (χ0) is 10.1. The zero-order valence-corrected chi connectivity index (χ0v) is 8.64. The Balaban J connectivity index is 2.73. The Morgan fingerprint density at radius 3 is 3.00 bits per heavy atom. The molecule has 0 atom stereocenters. The van der Waals surface area contributed by atoms with Gasteiger partial charge in [-0.3, -0.25) is 4.79 Å². The van der Waals surface area contributed by atoms with Gasteiger partial charge in [0.25, 0.3) is 0 Å². The van der Waals surface area contributed by atoms with E-state index in [2.05, 4.69) is 22.6 Å². The maximum absolute atomic E-state index is 11.2. The molecular formula is C10H10N2OS. The third kappa shape index (κ3) is 1.42. The van der Waals surface area contributed by atoms with E-state index in [0.717, 1.165) is 17.8 Å². The Kier molecular flexibility index (Phi) is 2.29. The SMILES string of the molecule is CCc1nc2c(C(=O)S)cccc2[nH]1. The second-order valence-corrected chi connectivity index (χ2v) is 3.45. The molecule has 4 heteroatoms. The molecule has 0 aliphatic heterocycles. The van der Waals surface area contributed by atoms with Crippen LogP contribution in [0.5, 0.6) is 0 Å². The zero-order valence-electron chi connectivity index (χ0n) is 7.74. The van der Waals surface area contributed by atoms with Gasteiger partial charge in [0.05, 0.1) is 11.1 Å². The van der Waals surface area contributed by atoms with E-state index in [1.807, 2.05) is 19.1 Å². The highest BCUT2D eigenvalue weighted by molar-refractivity contribution is 7.97. The molecule has 14 heavy (non-hydrogen) atoms. The maximum Gasteiger partial charge on any atom is 0.218 e. The van der Waals surface area contributed by atoms with E-state index >= 15 is 0 Å². The largest absolute Gasteiger partial charge is 0.342 e. The number of aryl methyl sites for hydroxylation is 1. The monoisotopic (exact) mass is 206 g/mol. The first-order chi connectivity index (χ1) is 6.72. The molecule has 2 rings (SSSR count). The van der Waals surface area contributed by atoms with Gasteiger partial charge in [0.1, 0.15) is 11.3 Å². The van der Waals surface area contributed by atoms with E-state index in [9.17, 15) is 4.79 Å². The van der Waals surface area contributed by atoms with Crippen molar-refractivity contribution in [1.82, 2.24) is 9.97 Å². The number of imidazole rings is 1. The van der Waals surface area contributed by atoms with Crippen molar-refractivity contribution >= 4 is 28.8 Å². The first kappa shape index (κ1) is 9.27. The van der Waals surface area contributed by atoms with Crippen LogP contribution in [0.15, 0.2) is 18.2 Å². The molecule has 3 nitrogen and oxygen atoms in total. The van der Waals surface area contributed by atoms with Crippen LogP contribution < -0.4 is 0 Å². The second kappa shape index (κ2) is 3.46. The lowest BCUT2D eigenvalue weighted by molar-refractivity contribution is 0.109. The summed E-state index contributed by atoms with van der Waals surface area (Å²) in [5.74, 6) is 0.891. The number of carbonyl (C=O) groups is 1. The minimum absolute atomic E-state index is 0.246. The molecule has 2 aromatic rings. The number of H-pyrrole nitrogens is 1. The third-order valence-electron chi connectivity index (χ3n) is 2.13. The van der Waals surface area contributed by atoms with Gasteiger partial charge < -0.3 is 4.98 Å². The fraction of sp³-hybridized carbons (Fsp3) is 0.200. The number of carbonyl (C=O) groups excluding carboxylic acids is 1. The summed E-state index contributed by atoms with van der Waals surface area (Å²) in [7, 11) is 0. The van der Waals surface area contributed by atoms with Crippen LogP contribution in [0.4, 0.5) is 0 Å². The number of fused-ring (bicyclic) bond motifs is 1. The van der Waals surface area contributed by atoms with Gasteiger partial charge in [-0.1, -0.05) is 13.0 Å². The molecule has 0 fully saturated rings. The van der Waals surface area contributed by atoms with Gasteiger partial charge in [0.2, 0.25) is 5.12 Å². The van der Waals surface area contributed by atoms with Crippen molar-refractivity contribution in [2.75, 3.05) is 0 Å². The van der Waals surface area contributed by atoms with Gasteiger partial charge in [-0.25, -0.2) is 4.98 Å². The number of nitrogens with zero attached hydrogens (tertiary/aromatic N) is 1. The Bertz CT molecular complexity index is 490. The molecule has 0 saturated carbocycles. The molecule has 0 radical (unpaired) electrons. The van der Waals surface area contributed by atoms with Gasteiger partial charge in [0, 0.05) is 6.42 Å². The molecule has 1 N–H and O–H groups in total. The lowest BCUT2D eigenvalue weighted by Gasteiger charge is -1.94. The van der Waals surface area contributed by atoms with Crippen molar-refractivity contribution in [3.63, 3.8) is 0 Å². The van der Waals surface area contributed by atoms with Crippen LogP contribution >= 0.6 is 12.6 Å². The molecular weight excluding hydrogens is 196 g/mol. The summed E-state index contributed by atoms with van der Waals surface area (Å²) < 4.78 is 0. The van der Waals surface area contributed by atoms with Gasteiger partial charge in [-0.15, -0.1) is 12.6 Å². The number of nitrogens with one attached hydrogen (secondary N) is 1. The summed E-state index contributed by atoms with van der Waals surface area (Å²) in [5, 5.41) is -0.246. The van der Waals surface area contributed by atoms with Gasteiger partial charge in [-0.05, 0) is 12.1 Å². The van der Waals surface area contributed by atoms with Crippen molar-refractivity contribution in [2.45, 2.75) is 13.3 Å². The number of benzene rings is 1. The highest BCUT2D eigenvalue weighted by Crippen LogP contribution is 2.18. The lowest BCUT2D eigenvalue weighted by Crippen LogP contribution is -1.90.